The summed E-state index contributed by atoms with van der Waals surface area (Å²) in [4.78, 5) is 22.9. The maximum atomic E-state index is 11.7. The summed E-state index contributed by atoms with van der Waals surface area (Å²) in [6.07, 6.45) is 0. The monoisotopic (exact) mass is 266 g/mol. The van der Waals surface area contributed by atoms with E-state index in [9.17, 15) is 9.59 Å². The molecule has 1 saturated heterocycles. The molecule has 1 aromatic rings. The van der Waals surface area contributed by atoms with Gasteiger partial charge in [-0.15, -0.1) is 12.6 Å². The highest BCUT2D eigenvalue weighted by molar-refractivity contribution is 7.80. The Kier molecular flexibility index (Phi) is 3.21. The first-order valence-corrected chi connectivity index (χ1v) is 6.02. The molecule has 5 nitrogen and oxygen atoms in total. The third kappa shape index (κ3) is 2.28. The van der Waals surface area contributed by atoms with E-state index in [-0.39, 0.29) is 11.3 Å². The molecule has 3 amide bonds. The van der Waals surface area contributed by atoms with Crippen LogP contribution in [0.25, 0.3) is 0 Å². The van der Waals surface area contributed by atoms with E-state index in [1.165, 1.54) is 0 Å². The second-order valence-electron chi connectivity index (χ2n) is 4.27. The van der Waals surface area contributed by atoms with Crippen LogP contribution in [0.4, 0.5) is 4.79 Å². The van der Waals surface area contributed by atoms with Gasteiger partial charge in [0.15, 0.2) is 0 Å². The van der Waals surface area contributed by atoms with Gasteiger partial charge in [0.2, 0.25) is 0 Å². The largest absolute Gasteiger partial charge is 0.480 e. The van der Waals surface area contributed by atoms with Crippen LogP contribution in [0.3, 0.4) is 0 Å². The summed E-state index contributed by atoms with van der Waals surface area (Å²) in [5, 5.41) is 4.82. The SMILES string of the molecule is CC(S)Oc1ccc(C2(C)NC(=O)NC2=O)cc1. The van der Waals surface area contributed by atoms with Gasteiger partial charge in [-0.2, -0.15) is 0 Å². The molecule has 1 heterocycles. The predicted molar refractivity (Wildman–Crippen MR) is 69.5 cm³/mol. The second-order valence-corrected chi connectivity index (χ2v) is 5.00. The Morgan fingerprint density at radius 2 is 1.89 bits per heavy atom. The lowest BCUT2D eigenvalue weighted by atomic mass is 9.92. The highest BCUT2D eigenvalue weighted by Crippen LogP contribution is 2.26. The number of rotatable bonds is 3. The van der Waals surface area contributed by atoms with Gasteiger partial charge in [0, 0.05) is 0 Å². The zero-order valence-corrected chi connectivity index (χ0v) is 11.0. The first-order chi connectivity index (χ1) is 8.41. The molecule has 96 valence electrons. The van der Waals surface area contributed by atoms with Crippen molar-refractivity contribution in [1.82, 2.24) is 10.6 Å². The number of thiol groups is 1. The van der Waals surface area contributed by atoms with E-state index in [2.05, 4.69) is 23.3 Å². The number of carbonyl (C=O) groups is 2. The van der Waals surface area contributed by atoms with Gasteiger partial charge in [-0.3, -0.25) is 10.1 Å². The van der Waals surface area contributed by atoms with E-state index in [4.69, 9.17) is 4.74 Å². The Balaban J connectivity index is 2.24. The van der Waals surface area contributed by atoms with Gasteiger partial charge in [0.05, 0.1) is 0 Å². The lowest BCUT2D eigenvalue weighted by Crippen LogP contribution is -2.40. The van der Waals surface area contributed by atoms with Crippen LogP contribution in [0.1, 0.15) is 19.4 Å². The number of imide groups is 1. The number of hydrogen-bond donors (Lipinski definition) is 3. The van der Waals surface area contributed by atoms with E-state index in [0.29, 0.717) is 11.3 Å². The van der Waals surface area contributed by atoms with E-state index >= 15 is 0 Å². The summed E-state index contributed by atoms with van der Waals surface area (Å²) >= 11 is 4.12. The molecule has 0 aromatic heterocycles. The fourth-order valence-corrected chi connectivity index (χ4v) is 1.93. The van der Waals surface area contributed by atoms with E-state index in [0.717, 1.165) is 0 Å². The summed E-state index contributed by atoms with van der Waals surface area (Å²) in [6.45, 7) is 3.47. The van der Waals surface area contributed by atoms with Crippen molar-refractivity contribution in [2.24, 2.45) is 0 Å². The van der Waals surface area contributed by atoms with Crippen molar-refractivity contribution in [2.45, 2.75) is 24.8 Å². The number of carbonyl (C=O) groups excluding carboxylic acids is 2. The van der Waals surface area contributed by atoms with Crippen molar-refractivity contribution >= 4 is 24.6 Å². The van der Waals surface area contributed by atoms with Gasteiger partial charge in [-0.05, 0) is 31.5 Å². The zero-order chi connectivity index (χ0) is 13.3. The Labute approximate surface area is 110 Å². The molecule has 0 spiro atoms. The number of ether oxygens (including phenoxy) is 1. The van der Waals surface area contributed by atoms with E-state index in [1.54, 1.807) is 31.2 Å². The second kappa shape index (κ2) is 4.53. The Morgan fingerprint density at radius 1 is 1.28 bits per heavy atom. The molecule has 1 fully saturated rings. The topological polar surface area (TPSA) is 67.4 Å². The minimum absolute atomic E-state index is 0.207. The Bertz CT molecular complexity index is 487. The first-order valence-electron chi connectivity index (χ1n) is 5.50. The van der Waals surface area contributed by atoms with Crippen LogP contribution in [0.15, 0.2) is 24.3 Å². The maximum Gasteiger partial charge on any atom is 0.322 e. The number of amides is 3. The molecule has 0 saturated carbocycles. The lowest BCUT2D eigenvalue weighted by molar-refractivity contribution is -0.123. The molecule has 0 bridgehead atoms. The molecule has 1 aromatic carbocycles. The third-order valence-corrected chi connectivity index (χ3v) is 2.89. The van der Waals surface area contributed by atoms with Crippen LogP contribution in [-0.2, 0) is 10.3 Å². The molecule has 2 rings (SSSR count). The minimum atomic E-state index is -1.03. The molecule has 6 heteroatoms. The van der Waals surface area contributed by atoms with Crippen molar-refractivity contribution in [1.29, 1.82) is 0 Å². The normalized spacial score (nSPS) is 24.4. The van der Waals surface area contributed by atoms with Crippen molar-refractivity contribution in [3.8, 4) is 5.75 Å². The van der Waals surface area contributed by atoms with Crippen LogP contribution in [0.2, 0.25) is 0 Å². The minimum Gasteiger partial charge on any atom is -0.480 e. The molecule has 0 radical (unpaired) electrons. The molecule has 1 aliphatic heterocycles. The van der Waals surface area contributed by atoms with Crippen LogP contribution < -0.4 is 15.4 Å². The van der Waals surface area contributed by atoms with Gasteiger partial charge < -0.3 is 10.1 Å². The average molecular weight is 266 g/mol. The summed E-state index contributed by atoms with van der Waals surface area (Å²) in [7, 11) is 0. The van der Waals surface area contributed by atoms with Crippen molar-refractivity contribution in [3.05, 3.63) is 29.8 Å². The Hall–Kier alpha value is -1.69. The molecule has 2 unspecified atom stereocenters. The van der Waals surface area contributed by atoms with Crippen LogP contribution in [0, 0.1) is 0 Å². The van der Waals surface area contributed by atoms with Gasteiger partial charge >= 0.3 is 6.03 Å². The summed E-state index contributed by atoms with van der Waals surface area (Å²) in [5.74, 6) is 0.304. The first kappa shape index (κ1) is 12.8. The van der Waals surface area contributed by atoms with Gasteiger partial charge in [0.25, 0.3) is 5.91 Å². The quantitative estimate of drug-likeness (QED) is 0.440. The third-order valence-electron chi connectivity index (χ3n) is 2.78. The number of hydrogen-bond acceptors (Lipinski definition) is 4. The fourth-order valence-electron chi connectivity index (χ4n) is 1.81. The number of urea groups is 1. The zero-order valence-electron chi connectivity index (χ0n) is 10.1. The lowest BCUT2D eigenvalue weighted by Gasteiger charge is -2.21. The molecule has 1 aliphatic rings. The van der Waals surface area contributed by atoms with Gasteiger partial charge in [-0.25, -0.2) is 4.79 Å². The van der Waals surface area contributed by atoms with E-state index in [1.807, 2.05) is 6.92 Å². The highest BCUT2D eigenvalue weighted by Gasteiger charge is 2.43. The molecule has 18 heavy (non-hydrogen) atoms. The molecule has 2 atom stereocenters. The highest BCUT2D eigenvalue weighted by atomic mass is 32.1. The van der Waals surface area contributed by atoms with Crippen LogP contribution in [0.5, 0.6) is 5.75 Å². The number of benzene rings is 1. The van der Waals surface area contributed by atoms with Crippen molar-refractivity contribution < 1.29 is 14.3 Å². The van der Waals surface area contributed by atoms with Crippen LogP contribution in [-0.4, -0.2) is 17.4 Å². The molecular weight excluding hydrogens is 252 g/mol. The van der Waals surface area contributed by atoms with Gasteiger partial charge in [-0.1, -0.05) is 12.1 Å². The standard InChI is InChI=1S/C12H14N2O3S/c1-7(18)17-9-5-3-8(4-6-9)12(2)10(15)13-11(16)14-12/h3-7,18H,1-2H3,(H2,13,14,15,16). The summed E-state index contributed by atoms with van der Waals surface area (Å²) in [5.41, 5.74) is -0.534. The fraction of sp³-hybridized carbons (Fsp3) is 0.333. The van der Waals surface area contributed by atoms with E-state index < -0.39 is 11.6 Å². The Morgan fingerprint density at radius 3 is 2.33 bits per heavy atom. The number of nitrogens with one attached hydrogen (secondary N) is 2. The van der Waals surface area contributed by atoms with Crippen LogP contribution >= 0.6 is 12.6 Å². The maximum absolute atomic E-state index is 11.7. The molecule has 2 N–H and O–H groups in total. The smallest absolute Gasteiger partial charge is 0.322 e. The molecule has 0 aliphatic carbocycles. The van der Waals surface area contributed by atoms with Crippen molar-refractivity contribution in [2.75, 3.05) is 0 Å². The average Bonchev–Trinajstić information content (AvgIpc) is 2.53. The molecular formula is C12H14N2O3S. The predicted octanol–water partition coefficient (Wildman–Crippen LogP) is 1.40. The van der Waals surface area contributed by atoms with Crippen molar-refractivity contribution in [3.63, 3.8) is 0 Å². The summed E-state index contributed by atoms with van der Waals surface area (Å²) < 4.78 is 5.39. The summed E-state index contributed by atoms with van der Waals surface area (Å²) in [6, 6.07) is 6.50. The van der Waals surface area contributed by atoms with Gasteiger partial charge in [0.1, 0.15) is 16.7 Å².